The van der Waals surface area contributed by atoms with Crippen LogP contribution in [0.3, 0.4) is 0 Å². The number of hydrogen-bond donors (Lipinski definition) is 6. The summed E-state index contributed by atoms with van der Waals surface area (Å²) in [5.41, 5.74) is 4.68. The molecule has 1 fully saturated rings. The third kappa shape index (κ3) is 6.60. The number of nitrogen functional groups attached to an aromatic ring is 1. The number of pyridine rings is 1. The van der Waals surface area contributed by atoms with Crippen molar-refractivity contribution in [1.82, 2.24) is 24.9 Å². The number of amides is 2. The third-order valence-corrected chi connectivity index (χ3v) is 8.14. The fourth-order valence-electron chi connectivity index (χ4n) is 3.96. The van der Waals surface area contributed by atoms with E-state index in [1.54, 1.807) is 0 Å². The summed E-state index contributed by atoms with van der Waals surface area (Å²) < 4.78 is 5.75. The molecule has 2 aliphatic heterocycles. The Bertz CT molecular complexity index is 1440. The summed E-state index contributed by atoms with van der Waals surface area (Å²) in [6.45, 7) is 4.26. The summed E-state index contributed by atoms with van der Waals surface area (Å²) in [5, 5.41) is 31.2. The molecule has 0 spiro atoms. The molecule has 0 aromatic carbocycles. The number of carboxylic acid groups (broad SMARTS) is 2. The van der Waals surface area contributed by atoms with Gasteiger partial charge in [-0.1, -0.05) is 5.16 Å². The van der Waals surface area contributed by atoms with Crippen LogP contribution < -0.4 is 26.3 Å². The van der Waals surface area contributed by atoms with Crippen LogP contribution in [0.25, 0.3) is 0 Å². The molecule has 224 valence electrons. The van der Waals surface area contributed by atoms with E-state index in [1.165, 1.54) is 25.6 Å². The Kier molecular flexibility index (Phi) is 9.27. The van der Waals surface area contributed by atoms with Crippen LogP contribution in [0, 0.1) is 0 Å². The van der Waals surface area contributed by atoms with Crippen LogP contribution in [-0.2, 0) is 30.6 Å². The van der Waals surface area contributed by atoms with Crippen LogP contribution in [0.5, 0.6) is 0 Å². The molecule has 0 bridgehead atoms. The van der Waals surface area contributed by atoms with Crippen LogP contribution in [0.15, 0.2) is 41.0 Å². The van der Waals surface area contributed by atoms with Gasteiger partial charge in [-0.2, -0.15) is 9.36 Å². The molecule has 2 atom stereocenters. The number of fused-ring (bicyclic) bond motifs is 1. The topological polar surface area (TPSA) is 225 Å². The second-order valence-corrected chi connectivity index (χ2v) is 11.6. The standard InChI is InChI=1S/C24H29N9O7S2/c1-24(2,22(38)39)40-30-14(17-29-23(25)42-31-17)18(34)28-15-19(35)33-16(21(36)37)12(11-41-20(15)33)10-32-8-4-13(5-9-32)27-7-6-26-3/h4-5,8-9,15,20,26H,6-7,10-11H2,1-3H3,(H5,25,28,29,31,34,36,37,38,39)/p+1/t15-,20?/m1/s1. The van der Waals surface area contributed by atoms with E-state index in [0.29, 0.717) is 11.3 Å². The van der Waals surface area contributed by atoms with Gasteiger partial charge in [-0.25, -0.2) is 14.2 Å². The fourth-order valence-corrected chi connectivity index (χ4v) is 5.73. The van der Waals surface area contributed by atoms with Gasteiger partial charge in [-0.3, -0.25) is 14.5 Å². The number of aromatic nitrogens is 3. The molecule has 0 radical (unpaired) electrons. The molecule has 1 saturated heterocycles. The summed E-state index contributed by atoms with van der Waals surface area (Å²) in [5.74, 6) is -4.05. The number of likely N-dealkylation sites (N-methyl/N-ethyl adjacent to an activating group) is 1. The van der Waals surface area contributed by atoms with E-state index in [4.69, 9.17) is 10.6 Å². The molecular weight excluding hydrogens is 590 g/mol. The van der Waals surface area contributed by atoms with Crippen molar-refractivity contribution in [2.75, 3.05) is 36.9 Å². The normalized spacial score (nSPS) is 18.7. The van der Waals surface area contributed by atoms with E-state index >= 15 is 0 Å². The molecule has 0 saturated carbocycles. The van der Waals surface area contributed by atoms with Crippen LogP contribution in [0.4, 0.5) is 10.8 Å². The first-order valence-corrected chi connectivity index (χ1v) is 14.4. The van der Waals surface area contributed by atoms with Crippen LogP contribution in [0.1, 0.15) is 19.7 Å². The number of oxime groups is 1. The predicted octanol–water partition coefficient (Wildman–Crippen LogP) is -0.938. The summed E-state index contributed by atoms with van der Waals surface area (Å²) >= 11 is 2.09. The largest absolute Gasteiger partial charge is 0.478 e. The van der Waals surface area contributed by atoms with Crippen LogP contribution in [-0.4, -0.2) is 96.8 Å². The Labute approximate surface area is 248 Å². The second-order valence-electron chi connectivity index (χ2n) is 9.71. The van der Waals surface area contributed by atoms with E-state index in [1.807, 2.05) is 36.1 Å². The first-order valence-electron chi connectivity index (χ1n) is 12.6. The Morgan fingerprint density at radius 2 is 1.98 bits per heavy atom. The van der Waals surface area contributed by atoms with Gasteiger partial charge in [0.25, 0.3) is 11.8 Å². The number of carbonyl (C=O) groups is 4. The Hall–Kier alpha value is -4.29. The van der Waals surface area contributed by atoms with Crippen molar-refractivity contribution in [3.05, 3.63) is 41.6 Å². The smallest absolute Gasteiger partial charge is 0.352 e. The number of carbonyl (C=O) groups excluding carboxylic acids is 2. The van der Waals surface area contributed by atoms with E-state index in [2.05, 4.69) is 30.5 Å². The molecule has 2 amide bonds. The number of hydrogen-bond acceptors (Lipinski definition) is 13. The van der Waals surface area contributed by atoms with Gasteiger partial charge < -0.3 is 36.7 Å². The van der Waals surface area contributed by atoms with Crippen molar-refractivity contribution in [3.8, 4) is 0 Å². The lowest BCUT2D eigenvalue weighted by Crippen LogP contribution is -2.71. The third-order valence-electron chi connectivity index (χ3n) is 6.25. The second kappa shape index (κ2) is 12.7. The maximum atomic E-state index is 13.2. The predicted molar refractivity (Wildman–Crippen MR) is 152 cm³/mol. The highest BCUT2D eigenvalue weighted by atomic mass is 32.2. The highest BCUT2D eigenvalue weighted by Gasteiger charge is 2.55. The molecule has 2 aromatic rings. The van der Waals surface area contributed by atoms with Crippen LogP contribution >= 0.6 is 23.3 Å². The van der Waals surface area contributed by atoms with Gasteiger partial charge in [0.1, 0.15) is 17.1 Å². The average molecular weight is 621 g/mol. The molecule has 4 heterocycles. The van der Waals surface area contributed by atoms with Crippen molar-refractivity contribution < 1.29 is 38.8 Å². The van der Waals surface area contributed by atoms with E-state index in [0.717, 1.165) is 35.2 Å². The highest BCUT2D eigenvalue weighted by molar-refractivity contribution is 8.00. The monoisotopic (exact) mass is 620 g/mol. The average Bonchev–Trinajstić information content (AvgIpc) is 3.37. The number of anilines is 2. The number of β-lactam (4-membered cyclic amide) rings is 1. The number of rotatable bonds is 13. The molecule has 7 N–H and O–H groups in total. The molecular formula is C24H30N9O7S2+. The van der Waals surface area contributed by atoms with Crippen molar-refractivity contribution in [2.24, 2.45) is 5.16 Å². The summed E-state index contributed by atoms with van der Waals surface area (Å²) in [6, 6.07) is 2.67. The molecule has 1 unspecified atom stereocenters. The lowest BCUT2D eigenvalue weighted by atomic mass is 10.0. The van der Waals surface area contributed by atoms with Gasteiger partial charge in [0.2, 0.25) is 17.1 Å². The number of nitrogens with one attached hydrogen (secondary N) is 3. The molecule has 4 rings (SSSR count). The zero-order valence-corrected chi connectivity index (χ0v) is 24.5. The first kappa shape index (κ1) is 30.7. The van der Waals surface area contributed by atoms with Crippen molar-refractivity contribution >= 4 is 63.6 Å². The summed E-state index contributed by atoms with van der Waals surface area (Å²) in [7, 11) is 1.86. The summed E-state index contributed by atoms with van der Waals surface area (Å²) in [4.78, 5) is 60.2. The quantitative estimate of drug-likeness (QED) is 0.0523. The zero-order valence-electron chi connectivity index (χ0n) is 22.9. The summed E-state index contributed by atoms with van der Waals surface area (Å²) in [6.07, 6.45) is 3.64. The van der Waals surface area contributed by atoms with E-state index < -0.39 is 46.5 Å². The Balaban J connectivity index is 1.49. The Morgan fingerprint density at radius 3 is 2.57 bits per heavy atom. The molecule has 2 aromatic heterocycles. The SMILES string of the molecule is CNCCNc1cc[n+](CC2=C(C(=O)O)N3C(=O)[C@@H](NC(=O)C(=NOC(C)(C)C(=O)O)c4nsc(N)n4)C3SC2)cc1. The van der Waals surface area contributed by atoms with Crippen LogP contribution in [0.2, 0.25) is 0 Å². The van der Waals surface area contributed by atoms with E-state index in [-0.39, 0.29) is 23.2 Å². The van der Waals surface area contributed by atoms with Gasteiger partial charge in [-0.05, 0) is 20.9 Å². The highest BCUT2D eigenvalue weighted by Crippen LogP contribution is 2.40. The van der Waals surface area contributed by atoms with Crippen molar-refractivity contribution in [2.45, 2.75) is 37.4 Å². The molecule has 0 aliphatic carbocycles. The van der Waals surface area contributed by atoms with Gasteiger partial charge in [0.05, 0.1) is 0 Å². The Morgan fingerprint density at radius 1 is 1.26 bits per heavy atom. The number of thioether (sulfide) groups is 1. The molecule has 2 aliphatic rings. The molecule has 18 heteroatoms. The molecule has 16 nitrogen and oxygen atoms in total. The van der Waals surface area contributed by atoms with Crippen molar-refractivity contribution in [3.63, 3.8) is 0 Å². The molecule has 42 heavy (non-hydrogen) atoms. The maximum Gasteiger partial charge on any atom is 0.352 e. The van der Waals surface area contributed by atoms with E-state index in [9.17, 15) is 29.4 Å². The number of aliphatic carboxylic acids is 2. The van der Waals surface area contributed by atoms with Gasteiger partial charge >= 0.3 is 11.9 Å². The van der Waals surface area contributed by atoms with Gasteiger partial charge in [0.15, 0.2) is 24.1 Å². The van der Waals surface area contributed by atoms with Crippen molar-refractivity contribution in [1.29, 1.82) is 0 Å². The number of carboxylic acids is 2. The van der Waals surface area contributed by atoms with Gasteiger partial charge in [-0.15, -0.1) is 11.8 Å². The lowest BCUT2D eigenvalue weighted by Gasteiger charge is -2.49. The minimum Gasteiger partial charge on any atom is -0.478 e. The van der Waals surface area contributed by atoms with Gasteiger partial charge in [0, 0.05) is 53.8 Å². The lowest BCUT2D eigenvalue weighted by molar-refractivity contribution is -0.688. The number of nitrogens with zero attached hydrogens (tertiary/aromatic N) is 5. The number of nitrogens with two attached hydrogens (primary N) is 1. The minimum absolute atomic E-state index is 0.0260. The maximum absolute atomic E-state index is 13.2. The first-order chi connectivity index (χ1) is 19.9. The zero-order chi connectivity index (χ0) is 30.6. The fraction of sp³-hybridized carbons (Fsp3) is 0.417. The minimum atomic E-state index is -1.78.